The Balaban J connectivity index is 2.13. The number of aliphatic hydroxyl groups excluding tert-OH is 1. The number of carbonyl (C=O) groups excluding carboxylic acids is 2. The van der Waals surface area contributed by atoms with Crippen molar-refractivity contribution in [2.45, 2.75) is 33.2 Å². The lowest BCUT2D eigenvalue weighted by atomic mass is 9.95. The number of carbonyl (C=O) groups is 2. The lowest BCUT2D eigenvalue weighted by Gasteiger charge is -2.24. The molecule has 1 unspecified atom stereocenters. The maximum atomic E-state index is 13.1. The summed E-state index contributed by atoms with van der Waals surface area (Å²) in [6, 6.07) is 6.36. The largest absolute Gasteiger partial charge is 0.507 e. The van der Waals surface area contributed by atoms with Crippen LogP contribution in [0.3, 0.4) is 0 Å². The van der Waals surface area contributed by atoms with Crippen LogP contribution in [-0.4, -0.2) is 60.9 Å². The van der Waals surface area contributed by atoms with E-state index in [-0.39, 0.29) is 11.3 Å². The number of ketones is 1. The van der Waals surface area contributed by atoms with Gasteiger partial charge in [0.1, 0.15) is 29.1 Å². The fourth-order valence-electron chi connectivity index (χ4n) is 3.97. The minimum absolute atomic E-state index is 0.0527. The number of benzene rings is 1. The van der Waals surface area contributed by atoms with Crippen molar-refractivity contribution in [2.75, 3.05) is 34.3 Å². The highest BCUT2D eigenvalue weighted by Crippen LogP contribution is 2.41. The predicted octanol–water partition coefficient (Wildman–Crippen LogP) is 3.59. The standard InChI is InChI=1S/C24H30N2O5/c1-14-13-19(30-6)15(2)12-17(14)22(27)20-21(18-9-8-16(3)31-18)26(24(29)23(20)28)11-7-10-25(4)5/h8-9,12-13,21,27H,7,10-11H2,1-6H3/b22-20+. The molecular formula is C24H30N2O5. The van der Waals surface area contributed by atoms with Crippen molar-refractivity contribution >= 4 is 17.4 Å². The Kier molecular flexibility index (Phi) is 6.55. The van der Waals surface area contributed by atoms with Crippen molar-refractivity contribution in [3.05, 3.63) is 58.0 Å². The lowest BCUT2D eigenvalue weighted by Crippen LogP contribution is -2.32. The maximum absolute atomic E-state index is 13.1. The fraction of sp³-hybridized carbons (Fsp3) is 0.417. The molecule has 0 radical (unpaired) electrons. The number of aryl methyl sites for hydroxylation is 3. The minimum Gasteiger partial charge on any atom is -0.507 e. The van der Waals surface area contributed by atoms with Crippen LogP contribution in [0.4, 0.5) is 0 Å². The van der Waals surface area contributed by atoms with Gasteiger partial charge in [0.25, 0.3) is 11.7 Å². The first-order valence-corrected chi connectivity index (χ1v) is 10.3. The fourth-order valence-corrected chi connectivity index (χ4v) is 3.97. The van der Waals surface area contributed by atoms with E-state index in [0.717, 1.165) is 17.7 Å². The molecule has 7 heteroatoms. The third-order valence-corrected chi connectivity index (χ3v) is 5.57. The second-order valence-corrected chi connectivity index (χ2v) is 8.23. The molecule has 3 rings (SSSR count). The van der Waals surface area contributed by atoms with E-state index in [1.54, 1.807) is 32.2 Å². The molecule has 1 fully saturated rings. The molecule has 1 aromatic heterocycles. The van der Waals surface area contributed by atoms with Crippen molar-refractivity contribution < 1.29 is 23.8 Å². The molecule has 1 atom stereocenters. The molecule has 1 amide bonds. The second kappa shape index (κ2) is 8.98. The summed E-state index contributed by atoms with van der Waals surface area (Å²) in [5.74, 6) is 0.306. The van der Waals surface area contributed by atoms with Gasteiger partial charge in [-0.25, -0.2) is 0 Å². The average Bonchev–Trinajstić information content (AvgIpc) is 3.24. The van der Waals surface area contributed by atoms with E-state index in [1.807, 2.05) is 38.9 Å². The summed E-state index contributed by atoms with van der Waals surface area (Å²) >= 11 is 0. The Morgan fingerprint density at radius 3 is 2.45 bits per heavy atom. The van der Waals surface area contributed by atoms with Crippen LogP contribution >= 0.6 is 0 Å². The van der Waals surface area contributed by atoms with Gasteiger partial charge < -0.3 is 24.1 Å². The summed E-state index contributed by atoms with van der Waals surface area (Å²) in [5, 5.41) is 11.2. The van der Waals surface area contributed by atoms with Crippen LogP contribution < -0.4 is 4.74 Å². The monoisotopic (exact) mass is 426 g/mol. The second-order valence-electron chi connectivity index (χ2n) is 8.23. The van der Waals surface area contributed by atoms with E-state index in [0.29, 0.717) is 35.8 Å². The van der Waals surface area contributed by atoms with Crippen molar-refractivity contribution in [3.63, 3.8) is 0 Å². The molecule has 1 N–H and O–H groups in total. The number of amides is 1. The van der Waals surface area contributed by atoms with Crippen molar-refractivity contribution in [3.8, 4) is 5.75 Å². The van der Waals surface area contributed by atoms with E-state index < -0.39 is 17.7 Å². The van der Waals surface area contributed by atoms with Gasteiger partial charge in [0.2, 0.25) is 0 Å². The highest BCUT2D eigenvalue weighted by Gasteiger charge is 2.47. The van der Waals surface area contributed by atoms with Crippen LogP contribution in [0.15, 0.2) is 34.3 Å². The van der Waals surface area contributed by atoms with Gasteiger partial charge in [0.05, 0.1) is 12.7 Å². The molecule has 0 spiro atoms. The third kappa shape index (κ3) is 4.37. The molecule has 0 saturated carbocycles. The number of likely N-dealkylation sites (tertiary alicyclic amines) is 1. The third-order valence-electron chi connectivity index (χ3n) is 5.57. The molecule has 1 aliphatic rings. The predicted molar refractivity (Wildman–Crippen MR) is 118 cm³/mol. The summed E-state index contributed by atoms with van der Waals surface area (Å²) < 4.78 is 11.2. The Labute approximate surface area is 182 Å². The molecule has 0 bridgehead atoms. The van der Waals surface area contributed by atoms with Gasteiger partial charge in [-0.1, -0.05) is 0 Å². The summed E-state index contributed by atoms with van der Waals surface area (Å²) in [7, 11) is 5.49. The number of hydrogen-bond acceptors (Lipinski definition) is 6. The van der Waals surface area contributed by atoms with E-state index in [1.165, 1.54) is 4.90 Å². The summed E-state index contributed by atoms with van der Waals surface area (Å²) in [5.41, 5.74) is 2.11. The van der Waals surface area contributed by atoms with Crippen molar-refractivity contribution in [1.82, 2.24) is 9.80 Å². The van der Waals surface area contributed by atoms with Crippen LogP contribution in [0.2, 0.25) is 0 Å². The van der Waals surface area contributed by atoms with Gasteiger partial charge in [-0.15, -0.1) is 0 Å². The minimum atomic E-state index is -0.766. The molecule has 2 heterocycles. The first-order chi connectivity index (χ1) is 14.6. The highest BCUT2D eigenvalue weighted by molar-refractivity contribution is 6.46. The quantitative estimate of drug-likeness (QED) is 0.414. The van der Waals surface area contributed by atoms with Gasteiger partial charge in [-0.3, -0.25) is 9.59 Å². The number of rotatable bonds is 7. The summed E-state index contributed by atoms with van der Waals surface area (Å²) in [6.45, 7) is 6.64. The van der Waals surface area contributed by atoms with Gasteiger partial charge in [0, 0.05) is 12.1 Å². The summed E-state index contributed by atoms with van der Waals surface area (Å²) in [4.78, 5) is 29.5. The molecule has 7 nitrogen and oxygen atoms in total. The van der Waals surface area contributed by atoms with Gasteiger partial charge in [-0.05, 0) is 83.2 Å². The number of ether oxygens (including phenoxy) is 1. The topological polar surface area (TPSA) is 83.2 Å². The van der Waals surface area contributed by atoms with E-state index >= 15 is 0 Å². The molecular weight excluding hydrogens is 396 g/mol. The number of methoxy groups -OCH3 is 1. The molecule has 31 heavy (non-hydrogen) atoms. The first kappa shape index (κ1) is 22.6. The maximum Gasteiger partial charge on any atom is 0.295 e. The molecule has 1 aliphatic heterocycles. The van der Waals surface area contributed by atoms with Gasteiger partial charge in [0.15, 0.2) is 0 Å². The Bertz CT molecular complexity index is 1030. The van der Waals surface area contributed by atoms with E-state index in [9.17, 15) is 14.7 Å². The molecule has 1 aromatic carbocycles. The molecule has 166 valence electrons. The Morgan fingerprint density at radius 1 is 1.16 bits per heavy atom. The van der Waals surface area contributed by atoms with Gasteiger partial charge >= 0.3 is 0 Å². The van der Waals surface area contributed by atoms with Crippen LogP contribution in [0.1, 0.15) is 40.7 Å². The number of aliphatic hydroxyl groups is 1. The zero-order valence-corrected chi connectivity index (χ0v) is 19.0. The Morgan fingerprint density at radius 2 is 1.87 bits per heavy atom. The Hall–Kier alpha value is -3.06. The van der Waals surface area contributed by atoms with Crippen LogP contribution in [0.25, 0.3) is 5.76 Å². The van der Waals surface area contributed by atoms with Gasteiger partial charge in [-0.2, -0.15) is 0 Å². The number of furan rings is 1. The van der Waals surface area contributed by atoms with Crippen molar-refractivity contribution in [2.24, 2.45) is 0 Å². The smallest absolute Gasteiger partial charge is 0.295 e. The normalized spacial score (nSPS) is 18.3. The highest BCUT2D eigenvalue weighted by atomic mass is 16.5. The first-order valence-electron chi connectivity index (χ1n) is 10.3. The zero-order valence-electron chi connectivity index (χ0n) is 19.0. The number of nitrogens with zero attached hydrogens (tertiary/aromatic N) is 2. The van der Waals surface area contributed by atoms with Crippen LogP contribution in [0, 0.1) is 20.8 Å². The van der Waals surface area contributed by atoms with Crippen molar-refractivity contribution in [1.29, 1.82) is 0 Å². The lowest BCUT2D eigenvalue weighted by molar-refractivity contribution is -0.140. The van der Waals surface area contributed by atoms with Crippen LogP contribution in [-0.2, 0) is 9.59 Å². The molecule has 1 saturated heterocycles. The van der Waals surface area contributed by atoms with E-state index in [2.05, 4.69) is 0 Å². The average molecular weight is 427 g/mol. The van der Waals surface area contributed by atoms with E-state index in [4.69, 9.17) is 9.15 Å². The SMILES string of the molecule is COc1cc(C)c(/C(O)=C2\C(=O)C(=O)N(CCCN(C)C)C2c2ccc(C)o2)cc1C. The number of hydrogen-bond donors (Lipinski definition) is 1. The molecule has 2 aromatic rings. The zero-order chi connectivity index (χ0) is 22.9. The molecule has 0 aliphatic carbocycles. The van der Waals surface area contributed by atoms with Crippen LogP contribution in [0.5, 0.6) is 5.75 Å². The summed E-state index contributed by atoms with van der Waals surface area (Å²) in [6.07, 6.45) is 0.691. The number of Topliss-reactive ketones (excluding diaryl/α,β-unsaturated/α-hetero) is 1.